The zero-order valence-corrected chi connectivity index (χ0v) is 11.7. The molecule has 1 aromatic heterocycles. The van der Waals surface area contributed by atoms with Crippen LogP contribution in [0.4, 0.5) is 8.78 Å². The zero-order valence-electron chi connectivity index (χ0n) is 10.9. The van der Waals surface area contributed by atoms with Crippen molar-refractivity contribution in [1.29, 1.82) is 0 Å². The summed E-state index contributed by atoms with van der Waals surface area (Å²) in [6, 6.07) is 7.25. The van der Waals surface area contributed by atoms with Gasteiger partial charge in [0, 0.05) is 6.42 Å². The second-order valence-corrected chi connectivity index (χ2v) is 5.04. The molecule has 1 unspecified atom stereocenters. The largest absolute Gasteiger partial charge is 0.383 e. The van der Waals surface area contributed by atoms with Crippen LogP contribution in [0.5, 0.6) is 0 Å². The molecule has 0 aliphatic rings. The van der Waals surface area contributed by atoms with Crippen LogP contribution in [0.1, 0.15) is 24.6 Å². The molecule has 1 aromatic carbocycles. The Morgan fingerprint density at radius 1 is 1.25 bits per heavy atom. The molecule has 0 saturated carbocycles. The van der Waals surface area contributed by atoms with E-state index in [1.165, 1.54) is 18.2 Å². The molecular weight excluding hydrogens is 284 g/mol. The summed E-state index contributed by atoms with van der Waals surface area (Å²) in [7, 11) is 0. The minimum absolute atomic E-state index is 0.00742. The second kappa shape index (κ2) is 5.85. The molecule has 1 N–H and O–H groups in total. The molecule has 0 spiro atoms. The van der Waals surface area contributed by atoms with Gasteiger partial charge in [0.1, 0.15) is 17.2 Å². The summed E-state index contributed by atoms with van der Waals surface area (Å²) in [6.45, 7) is 1.76. The number of pyridine rings is 1. The Labute approximate surface area is 121 Å². The quantitative estimate of drug-likeness (QED) is 0.930. The van der Waals surface area contributed by atoms with Crippen LogP contribution in [0.3, 0.4) is 0 Å². The van der Waals surface area contributed by atoms with Crippen LogP contribution in [0.15, 0.2) is 36.5 Å². The summed E-state index contributed by atoms with van der Waals surface area (Å²) in [5.41, 5.74) is -0.757. The molecule has 0 aliphatic heterocycles. The highest BCUT2D eigenvalue weighted by atomic mass is 35.5. The third kappa shape index (κ3) is 2.97. The van der Waals surface area contributed by atoms with E-state index >= 15 is 0 Å². The zero-order chi connectivity index (χ0) is 14.8. The van der Waals surface area contributed by atoms with E-state index in [0.717, 1.165) is 6.20 Å². The van der Waals surface area contributed by atoms with Crippen LogP contribution < -0.4 is 0 Å². The molecule has 2 nitrogen and oxygen atoms in total. The Kier molecular flexibility index (Phi) is 4.35. The highest BCUT2D eigenvalue weighted by Gasteiger charge is 2.30. The molecule has 0 saturated heterocycles. The first-order chi connectivity index (χ1) is 9.46. The lowest BCUT2D eigenvalue weighted by Crippen LogP contribution is -2.29. The average molecular weight is 298 g/mol. The minimum Gasteiger partial charge on any atom is -0.383 e. The van der Waals surface area contributed by atoms with Gasteiger partial charge in [-0.3, -0.25) is 4.98 Å². The van der Waals surface area contributed by atoms with E-state index < -0.39 is 17.2 Å². The van der Waals surface area contributed by atoms with Gasteiger partial charge in [0.2, 0.25) is 0 Å². The maximum absolute atomic E-state index is 13.9. The van der Waals surface area contributed by atoms with E-state index in [9.17, 15) is 13.9 Å². The first kappa shape index (κ1) is 14.9. The monoisotopic (exact) mass is 297 g/mol. The van der Waals surface area contributed by atoms with Crippen molar-refractivity contribution in [1.82, 2.24) is 4.98 Å². The molecule has 0 bridgehead atoms. The maximum Gasteiger partial charge on any atom is 0.145 e. The van der Waals surface area contributed by atoms with E-state index in [2.05, 4.69) is 4.98 Å². The predicted molar refractivity (Wildman–Crippen MR) is 73.5 cm³/mol. The fourth-order valence-corrected chi connectivity index (χ4v) is 2.24. The molecule has 2 aromatic rings. The topological polar surface area (TPSA) is 33.1 Å². The Hall–Kier alpha value is -1.52. The van der Waals surface area contributed by atoms with Gasteiger partial charge in [-0.25, -0.2) is 8.78 Å². The van der Waals surface area contributed by atoms with Gasteiger partial charge < -0.3 is 5.11 Å². The van der Waals surface area contributed by atoms with Crippen LogP contribution in [0.2, 0.25) is 5.02 Å². The predicted octanol–water partition coefficient (Wildman–Crippen LogP) is 3.85. The van der Waals surface area contributed by atoms with Gasteiger partial charge in [0.15, 0.2) is 0 Å². The molecule has 0 radical (unpaired) electrons. The number of hydrogen-bond donors (Lipinski definition) is 1. The summed E-state index contributed by atoms with van der Waals surface area (Å²) in [4.78, 5) is 3.89. The molecule has 5 heteroatoms. The number of aliphatic hydroxyl groups is 1. The Balaban J connectivity index is 2.36. The van der Waals surface area contributed by atoms with Crippen molar-refractivity contribution in [3.8, 4) is 0 Å². The number of aromatic nitrogens is 1. The van der Waals surface area contributed by atoms with Gasteiger partial charge in [-0.15, -0.1) is 0 Å². The van der Waals surface area contributed by atoms with E-state index in [1.54, 1.807) is 19.1 Å². The number of rotatable bonds is 4. The second-order valence-electron chi connectivity index (χ2n) is 4.64. The van der Waals surface area contributed by atoms with Gasteiger partial charge in [0.25, 0.3) is 0 Å². The standard InChI is InChI=1S/C15H14ClF2NO/c1-2-15(20,13-7-6-11(17)9-19-13)8-10-4-3-5-12(16)14(10)18/h3-7,9,20H,2,8H2,1H3. The number of halogens is 3. The molecular formula is C15H14ClF2NO. The van der Waals surface area contributed by atoms with Gasteiger partial charge in [-0.1, -0.05) is 30.7 Å². The molecule has 0 aliphatic carbocycles. The van der Waals surface area contributed by atoms with Gasteiger partial charge in [0.05, 0.1) is 16.9 Å². The summed E-state index contributed by atoms with van der Waals surface area (Å²) in [5, 5.41) is 10.7. The van der Waals surface area contributed by atoms with E-state index in [-0.39, 0.29) is 11.4 Å². The van der Waals surface area contributed by atoms with Crippen molar-refractivity contribution in [2.75, 3.05) is 0 Å². The van der Waals surface area contributed by atoms with Crippen molar-refractivity contribution in [3.05, 3.63) is 64.4 Å². The SMILES string of the molecule is CCC(O)(Cc1cccc(Cl)c1F)c1ccc(F)cn1. The van der Waals surface area contributed by atoms with Crippen molar-refractivity contribution in [3.63, 3.8) is 0 Å². The molecule has 20 heavy (non-hydrogen) atoms. The van der Waals surface area contributed by atoms with Gasteiger partial charge in [-0.05, 0) is 30.2 Å². The molecule has 2 rings (SSSR count). The third-order valence-corrected chi connectivity index (χ3v) is 3.60. The van der Waals surface area contributed by atoms with Gasteiger partial charge in [-0.2, -0.15) is 0 Å². The van der Waals surface area contributed by atoms with Crippen molar-refractivity contribution in [2.45, 2.75) is 25.4 Å². The van der Waals surface area contributed by atoms with E-state index in [0.29, 0.717) is 17.7 Å². The summed E-state index contributed by atoms with van der Waals surface area (Å²) < 4.78 is 26.8. The van der Waals surface area contributed by atoms with Crippen LogP contribution in [0.25, 0.3) is 0 Å². The first-order valence-corrected chi connectivity index (χ1v) is 6.61. The Morgan fingerprint density at radius 3 is 2.60 bits per heavy atom. The van der Waals surface area contributed by atoms with Gasteiger partial charge >= 0.3 is 0 Å². The summed E-state index contributed by atoms with van der Waals surface area (Å²) in [5.74, 6) is -1.04. The lowest BCUT2D eigenvalue weighted by atomic mass is 9.88. The number of benzene rings is 1. The normalized spacial score (nSPS) is 14.1. The molecule has 1 atom stereocenters. The van der Waals surface area contributed by atoms with Crippen molar-refractivity contribution < 1.29 is 13.9 Å². The smallest absolute Gasteiger partial charge is 0.145 e. The van der Waals surface area contributed by atoms with Crippen molar-refractivity contribution in [2.24, 2.45) is 0 Å². The number of nitrogens with zero attached hydrogens (tertiary/aromatic N) is 1. The van der Waals surface area contributed by atoms with Crippen LogP contribution in [0, 0.1) is 11.6 Å². The molecule has 1 heterocycles. The highest BCUT2D eigenvalue weighted by Crippen LogP contribution is 2.30. The van der Waals surface area contributed by atoms with Crippen LogP contribution in [-0.2, 0) is 12.0 Å². The fourth-order valence-electron chi connectivity index (χ4n) is 2.05. The summed E-state index contributed by atoms with van der Waals surface area (Å²) in [6.07, 6.45) is 1.37. The summed E-state index contributed by atoms with van der Waals surface area (Å²) >= 11 is 5.73. The first-order valence-electron chi connectivity index (χ1n) is 6.23. The van der Waals surface area contributed by atoms with Crippen LogP contribution >= 0.6 is 11.6 Å². The lowest BCUT2D eigenvalue weighted by molar-refractivity contribution is 0.0274. The third-order valence-electron chi connectivity index (χ3n) is 3.30. The van der Waals surface area contributed by atoms with Crippen molar-refractivity contribution >= 4 is 11.6 Å². The molecule has 0 amide bonds. The lowest BCUT2D eigenvalue weighted by Gasteiger charge is -2.26. The molecule has 0 fully saturated rings. The molecule has 106 valence electrons. The minimum atomic E-state index is -1.36. The Bertz CT molecular complexity index is 603. The van der Waals surface area contributed by atoms with E-state index in [1.807, 2.05) is 0 Å². The Morgan fingerprint density at radius 2 is 2.00 bits per heavy atom. The average Bonchev–Trinajstić information content (AvgIpc) is 2.44. The number of hydrogen-bond acceptors (Lipinski definition) is 2. The highest BCUT2D eigenvalue weighted by molar-refractivity contribution is 6.30. The van der Waals surface area contributed by atoms with Crippen LogP contribution in [-0.4, -0.2) is 10.1 Å². The fraction of sp³-hybridized carbons (Fsp3) is 0.267. The van der Waals surface area contributed by atoms with E-state index in [4.69, 9.17) is 11.6 Å². The maximum atomic E-state index is 13.9.